The Hall–Kier alpha value is -2.47. The van der Waals surface area contributed by atoms with Crippen LogP contribution in [0.25, 0.3) is 0 Å². The molecule has 0 unspecified atom stereocenters. The SMILES string of the molecule is COC(=O)c1cccc(NC(=O)CSCc2ccc(C)cc2)c1O. The second-order valence-corrected chi connectivity index (χ2v) is 6.21. The number of para-hydroxylation sites is 1. The average molecular weight is 345 g/mol. The Kier molecular flexibility index (Phi) is 6.26. The second kappa shape index (κ2) is 8.40. The Morgan fingerprint density at radius 3 is 2.54 bits per heavy atom. The van der Waals surface area contributed by atoms with Gasteiger partial charge in [-0.15, -0.1) is 11.8 Å². The molecule has 2 rings (SSSR count). The maximum atomic E-state index is 12.0. The van der Waals surface area contributed by atoms with Crippen molar-refractivity contribution in [3.8, 4) is 5.75 Å². The van der Waals surface area contributed by atoms with Gasteiger partial charge in [-0.2, -0.15) is 0 Å². The van der Waals surface area contributed by atoms with Gasteiger partial charge in [0.25, 0.3) is 0 Å². The van der Waals surface area contributed by atoms with Gasteiger partial charge in [0, 0.05) is 5.75 Å². The molecular formula is C18H19NO4S. The lowest BCUT2D eigenvalue weighted by molar-refractivity contribution is -0.113. The summed E-state index contributed by atoms with van der Waals surface area (Å²) < 4.78 is 4.58. The summed E-state index contributed by atoms with van der Waals surface area (Å²) in [6, 6.07) is 12.7. The Morgan fingerprint density at radius 2 is 1.88 bits per heavy atom. The third-order valence-electron chi connectivity index (χ3n) is 3.34. The number of anilines is 1. The number of ether oxygens (including phenoxy) is 1. The number of carbonyl (C=O) groups excluding carboxylic acids is 2. The van der Waals surface area contributed by atoms with Gasteiger partial charge in [-0.3, -0.25) is 4.79 Å². The van der Waals surface area contributed by atoms with E-state index < -0.39 is 5.97 Å². The molecule has 0 fully saturated rings. The van der Waals surface area contributed by atoms with E-state index in [9.17, 15) is 14.7 Å². The van der Waals surface area contributed by atoms with Gasteiger partial charge >= 0.3 is 5.97 Å². The maximum absolute atomic E-state index is 12.0. The van der Waals surface area contributed by atoms with Crippen molar-refractivity contribution in [2.75, 3.05) is 18.2 Å². The van der Waals surface area contributed by atoms with Crippen LogP contribution < -0.4 is 5.32 Å². The van der Waals surface area contributed by atoms with Crippen LogP contribution in [0.4, 0.5) is 5.69 Å². The smallest absolute Gasteiger partial charge is 0.341 e. The first-order valence-electron chi connectivity index (χ1n) is 7.34. The summed E-state index contributed by atoms with van der Waals surface area (Å²) in [5.74, 6) is -0.222. The normalized spacial score (nSPS) is 10.2. The fourth-order valence-corrected chi connectivity index (χ4v) is 2.84. The number of hydrogen-bond donors (Lipinski definition) is 2. The summed E-state index contributed by atoms with van der Waals surface area (Å²) in [6.07, 6.45) is 0. The van der Waals surface area contributed by atoms with E-state index in [1.807, 2.05) is 31.2 Å². The standard InChI is InChI=1S/C18H19NO4S/c1-12-6-8-13(9-7-12)10-24-11-16(20)19-15-5-3-4-14(17(15)21)18(22)23-2/h3-9,21H,10-11H2,1-2H3,(H,19,20). The molecule has 24 heavy (non-hydrogen) atoms. The Morgan fingerprint density at radius 1 is 1.17 bits per heavy atom. The van der Waals surface area contributed by atoms with Crippen molar-refractivity contribution >= 4 is 29.3 Å². The molecule has 5 nitrogen and oxygen atoms in total. The van der Waals surface area contributed by atoms with Crippen molar-refractivity contribution in [2.24, 2.45) is 0 Å². The van der Waals surface area contributed by atoms with E-state index in [4.69, 9.17) is 0 Å². The van der Waals surface area contributed by atoms with E-state index in [2.05, 4.69) is 10.1 Å². The number of thioether (sulfide) groups is 1. The molecule has 0 aliphatic carbocycles. The minimum Gasteiger partial charge on any atom is -0.505 e. The number of phenolic OH excluding ortho intramolecular Hbond substituents is 1. The van der Waals surface area contributed by atoms with Crippen LogP contribution in [0.2, 0.25) is 0 Å². The monoisotopic (exact) mass is 345 g/mol. The predicted octanol–water partition coefficient (Wildman–Crippen LogP) is 3.36. The minimum atomic E-state index is -0.655. The zero-order valence-corrected chi connectivity index (χ0v) is 14.4. The first kappa shape index (κ1) is 17.9. The first-order valence-corrected chi connectivity index (χ1v) is 8.50. The van der Waals surface area contributed by atoms with Crippen LogP contribution >= 0.6 is 11.8 Å². The Bertz CT molecular complexity index is 728. The molecule has 2 N–H and O–H groups in total. The van der Waals surface area contributed by atoms with E-state index in [0.29, 0.717) is 0 Å². The van der Waals surface area contributed by atoms with E-state index >= 15 is 0 Å². The molecule has 2 aromatic carbocycles. The van der Waals surface area contributed by atoms with Gasteiger partial charge in [-0.25, -0.2) is 4.79 Å². The van der Waals surface area contributed by atoms with Crippen LogP contribution in [0.5, 0.6) is 5.75 Å². The van der Waals surface area contributed by atoms with Crippen LogP contribution in [-0.4, -0.2) is 29.8 Å². The lowest BCUT2D eigenvalue weighted by Gasteiger charge is -2.10. The van der Waals surface area contributed by atoms with Crippen LogP contribution in [0.3, 0.4) is 0 Å². The van der Waals surface area contributed by atoms with Gasteiger partial charge in [0.15, 0.2) is 5.75 Å². The Balaban J connectivity index is 1.90. The number of aryl methyl sites for hydroxylation is 1. The van der Waals surface area contributed by atoms with Crippen LogP contribution in [0, 0.1) is 6.92 Å². The third-order valence-corrected chi connectivity index (χ3v) is 4.34. The van der Waals surface area contributed by atoms with Crippen LogP contribution in [-0.2, 0) is 15.3 Å². The third kappa shape index (κ3) is 4.76. The van der Waals surface area contributed by atoms with Gasteiger partial charge in [-0.1, -0.05) is 35.9 Å². The Labute approximate surface area is 145 Å². The largest absolute Gasteiger partial charge is 0.505 e. The molecule has 0 saturated heterocycles. The van der Waals surface area contributed by atoms with E-state index in [1.54, 1.807) is 6.07 Å². The molecule has 2 aromatic rings. The minimum absolute atomic E-state index is 0.0163. The molecule has 0 aliphatic heterocycles. The van der Waals surface area contributed by atoms with Crippen molar-refractivity contribution in [3.05, 3.63) is 59.2 Å². The number of amides is 1. The fraction of sp³-hybridized carbons (Fsp3) is 0.222. The maximum Gasteiger partial charge on any atom is 0.341 e. The molecule has 0 radical (unpaired) electrons. The summed E-state index contributed by atoms with van der Waals surface area (Å²) in [4.78, 5) is 23.5. The van der Waals surface area contributed by atoms with E-state index in [0.717, 1.165) is 11.3 Å². The van der Waals surface area contributed by atoms with Crippen molar-refractivity contribution < 1.29 is 19.4 Å². The predicted molar refractivity (Wildman–Crippen MR) is 95.4 cm³/mol. The molecule has 0 heterocycles. The highest BCUT2D eigenvalue weighted by atomic mass is 32.2. The van der Waals surface area contributed by atoms with Gasteiger partial charge in [0.1, 0.15) is 5.56 Å². The molecule has 0 saturated carbocycles. The molecule has 0 atom stereocenters. The summed E-state index contributed by atoms with van der Waals surface area (Å²) >= 11 is 1.48. The topological polar surface area (TPSA) is 75.6 Å². The van der Waals surface area contributed by atoms with Crippen molar-refractivity contribution in [1.29, 1.82) is 0 Å². The lowest BCUT2D eigenvalue weighted by atomic mass is 10.1. The zero-order valence-electron chi connectivity index (χ0n) is 13.5. The van der Waals surface area contributed by atoms with Gasteiger partial charge in [0.2, 0.25) is 5.91 Å². The highest BCUT2D eigenvalue weighted by Crippen LogP contribution is 2.28. The summed E-state index contributed by atoms with van der Waals surface area (Å²) in [5.41, 5.74) is 2.55. The van der Waals surface area contributed by atoms with Crippen molar-refractivity contribution in [2.45, 2.75) is 12.7 Å². The number of methoxy groups -OCH3 is 1. The molecule has 0 aliphatic rings. The number of rotatable bonds is 6. The van der Waals surface area contributed by atoms with Gasteiger partial charge in [0.05, 0.1) is 18.6 Å². The fourth-order valence-electron chi connectivity index (χ4n) is 2.05. The second-order valence-electron chi connectivity index (χ2n) is 5.22. The number of esters is 1. The average Bonchev–Trinajstić information content (AvgIpc) is 2.58. The summed E-state index contributed by atoms with van der Waals surface area (Å²) in [6.45, 7) is 2.03. The molecule has 6 heteroatoms. The number of hydrogen-bond acceptors (Lipinski definition) is 5. The number of benzene rings is 2. The van der Waals surface area contributed by atoms with Gasteiger partial charge < -0.3 is 15.2 Å². The molecule has 1 amide bonds. The number of aromatic hydroxyl groups is 1. The van der Waals surface area contributed by atoms with Crippen molar-refractivity contribution in [3.63, 3.8) is 0 Å². The van der Waals surface area contributed by atoms with Crippen LogP contribution in [0.1, 0.15) is 21.5 Å². The highest BCUT2D eigenvalue weighted by molar-refractivity contribution is 7.99. The molecule has 0 spiro atoms. The highest BCUT2D eigenvalue weighted by Gasteiger charge is 2.15. The summed E-state index contributed by atoms with van der Waals surface area (Å²) in [7, 11) is 1.23. The van der Waals surface area contributed by atoms with Crippen molar-refractivity contribution in [1.82, 2.24) is 0 Å². The van der Waals surface area contributed by atoms with E-state index in [-0.39, 0.29) is 28.7 Å². The molecule has 0 bridgehead atoms. The van der Waals surface area contributed by atoms with Gasteiger partial charge in [-0.05, 0) is 24.6 Å². The first-order chi connectivity index (χ1) is 11.5. The number of nitrogens with one attached hydrogen (secondary N) is 1. The number of phenols is 1. The molecule has 126 valence electrons. The lowest BCUT2D eigenvalue weighted by Crippen LogP contribution is -2.15. The summed E-state index contributed by atoms with van der Waals surface area (Å²) in [5, 5.41) is 12.7. The molecular weight excluding hydrogens is 326 g/mol. The molecule has 0 aromatic heterocycles. The van der Waals surface area contributed by atoms with Crippen LogP contribution in [0.15, 0.2) is 42.5 Å². The number of carbonyl (C=O) groups is 2. The zero-order chi connectivity index (χ0) is 17.5. The van der Waals surface area contributed by atoms with E-state index in [1.165, 1.54) is 36.6 Å². The quantitative estimate of drug-likeness (QED) is 0.620.